The number of hydroxylamine groups is 2. The van der Waals surface area contributed by atoms with Gasteiger partial charge in [-0.25, -0.2) is 0 Å². The zero-order valence-electron chi connectivity index (χ0n) is 8.58. The predicted octanol–water partition coefficient (Wildman–Crippen LogP) is 2.56. The van der Waals surface area contributed by atoms with E-state index in [1.807, 2.05) is 23.3 Å². The minimum absolute atomic E-state index is 0.757. The molecule has 0 aromatic heterocycles. The summed E-state index contributed by atoms with van der Waals surface area (Å²) in [7, 11) is 0. The third-order valence-corrected chi connectivity index (χ3v) is 3.31. The Morgan fingerprint density at radius 3 is 2.93 bits per heavy atom. The van der Waals surface area contributed by atoms with Gasteiger partial charge >= 0.3 is 0 Å². The maximum atomic E-state index is 5.93. The first-order valence-corrected chi connectivity index (χ1v) is 5.97. The SMILES string of the molecule is Nc1cccc(Br)c1CN1CCCCO1. The average molecular weight is 271 g/mol. The molecule has 1 aromatic rings. The van der Waals surface area contributed by atoms with E-state index in [1.54, 1.807) is 0 Å². The molecule has 0 spiro atoms. The Hall–Kier alpha value is -0.580. The van der Waals surface area contributed by atoms with Crippen LogP contribution in [0.15, 0.2) is 22.7 Å². The fourth-order valence-electron chi connectivity index (χ4n) is 1.69. The van der Waals surface area contributed by atoms with E-state index in [0.717, 1.165) is 41.8 Å². The summed E-state index contributed by atoms with van der Waals surface area (Å²) in [5.41, 5.74) is 7.85. The standard InChI is InChI=1S/C11H15BrN2O/c12-10-4-3-5-11(13)9(10)8-14-6-1-2-7-15-14/h3-5H,1-2,6-8,13H2. The molecule has 1 aliphatic heterocycles. The van der Waals surface area contributed by atoms with E-state index in [2.05, 4.69) is 15.9 Å². The molecule has 2 rings (SSSR count). The lowest BCUT2D eigenvalue weighted by atomic mass is 10.1. The van der Waals surface area contributed by atoms with E-state index in [9.17, 15) is 0 Å². The molecule has 0 saturated carbocycles. The third-order valence-electron chi connectivity index (χ3n) is 2.57. The lowest BCUT2D eigenvalue weighted by Crippen LogP contribution is -2.29. The van der Waals surface area contributed by atoms with Gasteiger partial charge in [0, 0.05) is 22.3 Å². The highest BCUT2D eigenvalue weighted by molar-refractivity contribution is 9.10. The topological polar surface area (TPSA) is 38.5 Å². The molecule has 0 radical (unpaired) electrons. The second kappa shape index (κ2) is 4.96. The summed E-state index contributed by atoms with van der Waals surface area (Å²) < 4.78 is 1.05. The van der Waals surface area contributed by atoms with Crippen LogP contribution in [-0.4, -0.2) is 18.2 Å². The molecule has 1 aromatic carbocycles. The molecule has 0 aliphatic carbocycles. The normalized spacial score (nSPS) is 17.9. The molecule has 15 heavy (non-hydrogen) atoms. The van der Waals surface area contributed by atoms with Gasteiger partial charge in [0.2, 0.25) is 0 Å². The van der Waals surface area contributed by atoms with Crippen LogP contribution in [0, 0.1) is 0 Å². The zero-order chi connectivity index (χ0) is 10.7. The van der Waals surface area contributed by atoms with Crippen molar-refractivity contribution in [3.8, 4) is 0 Å². The van der Waals surface area contributed by atoms with E-state index < -0.39 is 0 Å². The van der Waals surface area contributed by atoms with Crippen LogP contribution in [-0.2, 0) is 11.4 Å². The average Bonchev–Trinajstić information content (AvgIpc) is 2.25. The van der Waals surface area contributed by atoms with Crippen LogP contribution in [0.4, 0.5) is 5.69 Å². The highest BCUT2D eigenvalue weighted by atomic mass is 79.9. The summed E-state index contributed by atoms with van der Waals surface area (Å²) >= 11 is 3.51. The third kappa shape index (κ3) is 2.71. The molecular formula is C11H15BrN2O. The number of nitrogens with two attached hydrogens (primary N) is 1. The molecule has 82 valence electrons. The summed E-state index contributed by atoms with van der Waals surface area (Å²) in [6.07, 6.45) is 2.35. The van der Waals surface area contributed by atoms with Crippen LogP contribution in [0.2, 0.25) is 0 Å². The maximum absolute atomic E-state index is 5.93. The summed E-state index contributed by atoms with van der Waals surface area (Å²) in [6.45, 7) is 2.57. The van der Waals surface area contributed by atoms with Gasteiger partial charge in [-0.3, -0.25) is 4.84 Å². The first-order valence-electron chi connectivity index (χ1n) is 5.18. The summed E-state index contributed by atoms with van der Waals surface area (Å²) in [6, 6.07) is 5.87. The molecule has 0 unspecified atom stereocenters. The van der Waals surface area contributed by atoms with Crippen molar-refractivity contribution in [3.05, 3.63) is 28.2 Å². The number of rotatable bonds is 2. The number of nitrogen functional groups attached to an aromatic ring is 1. The predicted molar refractivity (Wildman–Crippen MR) is 64.2 cm³/mol. The van der Waals surface area contributed by atoms with Crippen molar-refractivity contribution in [2.45, 2.75) is 19.4 Å². The van der Waals surface area contributed by atoms with E-state index in [1.165, 1.54) is 6.42 Å². The highest BCUT2D eigenvalue weighted by Gasteiger charge is 2.14. The van der Waals surface area contributed by atoms with Crippen molar-refractivity contribution < 1.29 is 4.84 Å². The van der Waals surface area contributed by atoms with E-state index in [0.29, 0.717) is 0 Å². The van der Waals surface area contributed by atoms with Gasteiger partial charge in [-0.05, 0) is 25.0 Å². The van der Waals surface area contributed by atoms with Crippen LogP contribution in [0.25, 0.3) is 0 Å². The van der Waals surface area contributed by atoms with Gasteiger partial charge in [0.1, 0.15) is 0 Å². The van der Waals surface area contributed by atoms with Crippen LogP contribution in [0.1, 0.15) is 18.4 Å². The largest absolute Gasteiger partial charge is 0.398 e. The minimum Gasteiger partial charge on any atom is -0.398 e. The second-order valence-corrected chi connectivity index (χ2v) is 4.57. The molecule has 4 heteroatoms. The number of benzene rings is 1. The fraction of sp³-hybridized carbons (Fsp3) is 0.455. The van der Waals surface area contributed by atoms with E-state index in [4.69, 9.17) is 10.6 Å². The van der Waals surface area contributed by atoms with Gasteiger partial charge in [-0.15, -0.1) is 0 Å². The van der Waals surface area contributed by atoms with Crippen LogP contribution < -0.4 is 5.73 Å². The quantitative estimate of drug-likeness (QED) is 0.840. The van der Waals surface area contributed by atoms with Gasteiger partial charge in [0.25, 0.3) is 0 Å². The molecular weight excluding hydrogens is 256 g/mol. The molecule has 1 heterocycles. The highest BCUT2D eigenvalue weighted by Crippen LogP contribution is 2.24. The Morgan fingerprint density at radius 1 is 1.40 bits per heavy atom. The van der Waals surface area contributed by atoms with Crippen molar-refractivity contribution in [1.82, 2.24) is 5.06 Å². The van der Waals surface area contributed by atoms with Crippen LogP contribution in [0.3, 0.4) is 0 Å². The van der Waals surface area contributed by atoms with E-state index in [-0.39, 0.29) is 0 Å². The number of anilines is 1. The molecule has 0 atom stereocenters. The lowest BCUT2D eigenvalue weighted by molar-refractivity contribution is -0.187. The summed E-state index contributed by atoms with van der Waals surface area (Å²) in [4.78, 5) is 5.55. The second-order valence-electron chi connectivity index (χ2n) is 3.71. The Balaban J connectivity index is 2.09. The number of hydrogen-bond donors (Lipinski definition) is 1. The monoisotopic (exact) mass is 270 g/mol. The first-order chi connectivity index (χ1) is 7.27. The Labute approximate surface area is 98.3 Å². The van der Waals surface area contributed by atoms with Crippen molar-refractivity contribution in [2.24, 2.45) is 0 Å². The van der Waals surface area contributed by atoms with Crippen LogP contribution in [0.5, 0.6) is 0 Å². The lowest BCUT2D eigenvalue weighted by Gasteiger charge is -2.26. The Kier molecular flexibility index (Phi) is 3.61. The van der Waals surface area contributed by atoms with Gasteiger partial charge in [-0.2, -0.15) is 5.06 Å². The molecule has 3 nitrogen and oxygen atoms in total. The smallest absolute Gasteiger partial charge is 0.0685 e. The molecule has 0 amide bonds. The molecule has 0 bridgehead atoms. The van der Waals surface area contributed by atoms with Crippen molar-refractivity contribution in [3.63, 3.8) is 0 Å². The molecule has 2 N–H and O–H groups in total. The van der Waals surface area contributed by atoms with Gasteiger partial charge in [0.15, 0.2) is 0 Å². The van der Waals surface area contributed by atoms with Crippen molar-refractivity contribution >= 4 is 21.6 Å². The van der Waals surface area contributed by atoms with Gasteiger partial charge < -0.3 is 5.73 Å². The summed E-state index contributed by atoms with van der Waals surface area (Å²) in [5, 5.41) is 1.99. The zero-order valence-corrected chi connectivity index (χ0v) is 10.2. The van der Waals surface area contributed by atoms with Crippen molar-refractivity contribution in [2.75, 3.05) is 18.9 Å². The molecule has 1 saturated heterocycles. The van der Waals surface area contributed by atoms with Gasteiger partial charge in [0.05, 0.1) is 13.2 Å². The van der Waals surface area contributed by atoms with Crippen molar-refractivity contribution in [1.29, 1.82) is 0 Å². The van der Waals surface area contributed by atoms with E-state index >= 15 is 0 Å². The molecule has 1 fully saturated rings. The number of hydrogen-bond acceptors (Lipinski definition) is 3. The number of nitrogens with zero attached hydrogens (tertiary/aromatic N) is 1. The maximum Gasteiger partial charge on any atom is 0.0685 e. The Bertz CT molecular complexity index is 317. The first kappa shape index (κ1) is 10.9. The van der Waals surface area contributed by atoms with Gasteiger partial charge in [-0.1, -0.05) is 22.0 Å². The Morgan fingerprint density at radius 2 is 2.27 bits per heavy atom. The fourth-order valence-corrected chi connectivity index (χ4v) is 2.20. The molecule has 1 aliphatic rings. The minimum atomic E-state index is 0.757. The number of halogens is 1. The van der Waals surface area contributed by atoms with Crippen LogP contribution >= 0.6 is 15.9 Å². The summed E-state index contributed by atoms with van der Waals surface area (Å²) in [5.74, 6) is 0.